The maximum absolute atomic E-state index is 9.27. The number of nitrogens with zero attached hydrogens (tertiary/aromatic N) is 1. The van der Waals surface area contributed by atoms with Crippen LogP contribution in [0.2, 0.25) is 0 Å². The Morgan fingerprint density at radius 3 is 1.35 bits per heavy atom. The summed E-state index contributed by atoms with van der Waals surface area (Å²) in [5.74, 6) is 0. The van der Waals surface area contributed by atoms with E-state index in [9.17, 15) is 7.38 Å². The summed E-state index contributed by atoms with van der Waals surface area (Å²) in [4.78, 5) is 1.79. The van der Waals surface area contributed by atoms with Crippen molar-refractivity contribution in [1.82, 2.24) is 4.90 Å². The van der Waals surface area contributed by atoms with E-state index in [1.807, 2.05) is 13.8 Å². The van der Waals surface area contributed by atoms with Crippen LogP contribution in [0.1, 0.15) is 39.5 Å². The number of hydrogen-bond donors (Lipinski definition) is 5. The van der Waals surface area contributed by atoms with Crippen molar-refractivity contribution >= 4 is 0 Å². The predicted molar refractivity (Wildman–Crippen MR) is 83.9 cm³/mol. The summed E-state index contributed by atoms with van der Waals surface area (Å²) in [6.45, 7) is 6.56. The zero-order valence-corrected chi connectivity index (χ0v) is 16.0. The van der Waals surface area contributed by atoms with Gasteiger partial charge in [0.25, 0.3) is 0 Å². The summed E-state index contributed by atoms with van der Waals surface area (Å²) >= 11 is -4.26. The molecule has 5 N–H and O–H groups in total. The molecule has 0 saturated heterocycles. The normalized spacial score (nSPS) is 11.5. The molecular formula is C14H35NO7Ti. The van der Waals surface area contributed by atoms with Gasteiger partial charge in [0.1, 0.15) is 0 Å². The third-order valence-electron chi connectivity index (χ3n) is 2.82. The largest absolute Gasteiger partial charge is 0.395 e. The molecule has 0 aliphatic rings. The quantitative estimate of drug-likeness (QED) is 0.206. The fourth-order valence-electron chi connectivity index (χ4n) is 1.50. The van der Waals surface area contributed by atoms with Crippen LogP contribution in [-0.4, -0.2) is 80.3 Å². The maximum Gasteiger partial charge on any atom is 0.0558 e. The monoisotopic (exact) mass is 377 g/mol. The van der Waals surface area contributed by atoms with Gasteiger partial charge < -0.3 is 15.3 Å². The molecule has 0 rings (SSSR count). The van der Waals surface area contributed by atoms with Gasteiger partial charge in [0.2, 0.25) is 0 Å². The summed E-state index contributed by atoms with van der Waals surface area (Å²) < 4.78 is 28.3. The minimum Gasteiger partial charge on any atom is -0.395 e. The van der Waals surface area contributed by atoms with Crippen LogP contribution in [-0.2, 0) is 24.8 Å². The van der Waals surface area contributed by atoms with Crippen molar-refractivity contribution in [2.24, 2.45) is 0 Å². The van der Waals surface area contributed by atoms with Gasteiger partial charge in [-0.2, -0.15) is 0 Å². The number of rotatable bonds is 14. The zero-order valence-electron chi connectivity index (χ0n) is 14.5. The van der Waals surface area contributed by atoms with E-state index in [-0.39, 0.29) is 19.8 Å². The van der Waals surface area contributed by atoms with Crippen LogP contribution >= 0.6 is 0 Å². The maximum atomic E-state index is 9.27. The van der Waals surface area contributed by atoms with Gasteiger partial charge in [-0.25, -0.2) is 0 Å². The second kappa shape index (κ2) is 18.7. The minimum absolute atomic E-state index is 0.0694. The molecule has 0 aliphatic carbocycles. The van der Waals surface area contributed by atoms with E-state index in [1.54, 1.807) is 4.90 Å². The summed E-state index contributed by atoms with van der Waals surface area (Å²) in [5.41, 5.74) is 0. The molecule has 9 heteroatoms. The van der Waals surface area contributed by atoms with E-state index in [0.29, 0.717) is 32.8 Å². The van der Waals surface area contributed by atoms with Crippen LogP contribution in [0.4, 0.5) is 0 Å². The van der Waals surface area contributed by atoms with Crippen molar-refractivity contribution in [2.45, 2.75) is 39.5 Å². The first-order valence-electron chi connectivity index (χ1n) is 8.24. The first-order valence-corrected chi connectivity index (χ1v) is 10.9. The molecule has 8 nitrogen and oxygen atoms in total. The molecule has 0 bridgehead atoms. The molecule has 0 aromatic rings. The number of unbranched alkanes of at least 4 members (excludes halogenated alkanes) is 2. The van der Waals surface area contributed by atoms with E-state index in [4.69, 9.17) is 22.0 Å². The molecule has 0 aromatic heterocycles. The van der Waals surface area contributed by atoms with Crippen LogP contribution in [0, 0.1) is 0 Å². The van der Waals surface area contributed by atoms with Crippen LogP contribution in [0.3, 0.4) is 0 Å². The predicted octanol–water partition coefficient (Wildman–Crippen LogP) is -0.316. The first kappa shape index (κ1) is 25.6. The fraction of sp³-hybridized carbons (Fsp3) is 1.00. The molecule has 0 saturated carbocycles. The Morgan fingerprint density at radius 2 is 1.09 bits per heavy atom. The van der Waals surface area contributed by atoms with Gasteiger partial charge in [0.05, 0.1) is 19.8 Å². The van der Waals surface area contributed by atoms with E-state index in [0.717, 1.165) is 25.7 Å². The number of aliphatic hydroxyl groups excluding tert-OH is 3. The van der Waals surface area contributed by atoms with Crippen molar-refractivity contribution in [2.75, 3.05) is 52.7 Å². The molecule has 23 heavy (non-hydrogen) atoms. The summed E-state index contributed by atoms with van der Waals surface area (Å²) in [6, 6.07) is 0. The van der Waals surface area contributed by atoms with E-state index < -0.39 is 18.1 Å². The van der Waals surface area contributed by atoms with E-state index in [1.165, 1.54) is 0 Å². The molecule has 0 amide bonds. The van der Waals surface area contributed by atoms with Crippen LogP contribution in [0.5, 0.6) is 0 Å². The average molecular weight is 377 g/mol. The van der Waals surface area contributed by atoms with E-state index >= 15 is 0 Å². The van der Waals surface area contributed by atoms with Crippen molar-refractivity contribution < 1.29 is 47.5 Å². The van der Waals surface area contributed by atoms with Crippen LogP contribution < -0.4 is 0 Å². The smallest absolute Gasteiger partial charge is 0.0558 e. The van der Waals surface area contributed by atoms with Gasteiger partial charge in [0, 0.05) is 19.6 Å². The van der Waals surface area contributed by atoms with Crippen LogP contribution in [0.15, 0.2) is 0 Å². The van der Waals surface area contributed by atoms with Crippen molar-refractivity contribution in [3.05, 3.63) is 0 Å². The summed E-state index contributed by atoms with van der Waals surface area (Å²) in [6.07, 6.45) is 3.64. The summed E-state index contributed by atoms with van der Waals surface area (Å²) in [5, 5.41) is 25.5. The molecule has 0 heterocycles. The molecule has 0 aliphatic heterocycles. The van der Waals surface area contributed by atoms with Gasteiger partial charge in [-0.3, -0.25) is 4.90 Å². The third-order valence-corrected chi connectivity index (χ3v) is 4.64. The zero-order chi connectivity index (χ0) is 18.0. The first-order chi connectivity index (χ1) is 11.0. The second-order valence-corrected chi connectivity index (χ2v) is 7.58. The Hall–Kier alpha value is 0.394. The molecule has 142 valence electrons. The number of hydrogen-bond acceptors (Lipinski definition) is 8. The van der Waals surface area contributed by atoms with Gasteiger partial charge >= 0.3 is 84.9 Å². The van der Waals surface area contributed by atoms with Gasteiger partial charge in [-0.1, -0.05) is 0 Å². The Morgan fingerprint density at radius 1 is 0.739 bits per heavy atom. The second-order valence-electron chi connectivity index (χ2n) is 4.96. The molecular weight excluding hydrogens is 342 g/mol. The van der Waals surface area contributed by atoms with Crippen molar-refractivity contribution in [1.29, 1.82) is 0 Å². The van der Waals surface area contributed by atoms with E-state index in [2.05, 4.69) is 0 Å². The minimum atomic E-state index is -4.26. The Labute approximate surface area is 144 Å². The Balaban J connectivity index is 0. The topological polar surface area (TPSA) is 123 Å². The Kier molecular flexibility index (Phi) is 20.9. The van der Waals surface area contributed by atoms with Gasteiger partial charge in [-0.05, 0) is 0 Å². The molecule has 0 fully saturated rings. The average Bonchev–Trinajstić information content (AvgIpc) is 2.49. The van der Waals surface area contributed by atoms with Crippen molar-refractivity contribution in [3.8, 4) is 0 Å². The molecule has 0 aromatic carbocycles. The molecule has 0 atom stereocenters. The molecule has 0 unspecified atom stereocenters. The standard InChI is InChI=1S/C6H15NO3.2C4H9O.2H2O.Ti/c8-4-1-7(2-5-9)3-6-10;2*1-2-3-4-5;;;/h8-10H,1-6H2;2*2-4H2,1H3;2*1H2;/q;2*-1;;;+4/p-2. The summed E-state index contributed by atoms with van der Waals surface area (Å²) in [7, 11) is 0. The Bertz CT molecular complexity index is 209. The van der Waals surface area contributed by atoms with Crippen LogP contribution in [0.25, 0.3) is 0 Å². The van der Waals surface area contributed by atoms with Crippen molar-refractivity contribution in [3.63, 3.8) is 0 Å². The van der Waals surface area contributed by atoms with Gasteiger partial charge in [0.15, 0.2) is 0 Å². The third kappa shape index (κ3) is 20.3. The SMILES string of the molecule is CCCC[O][Ti]([OH])([OH])[O]CCCC.OCCN(CCO)CCO. The molecule has 0 radical (unpaired) electrons. The number of aliphatic hydroxyl groups is 3. The molecule has 0 spiro atoms. The fourth-order valence-corrected chi connectivity index (χ4v) is 2.91. The van der Waals surface area contributed by atoms with Gasteiger partial charge in [-0.15, -0.1) is 0 Å².